The molecule has 100 valence electrons. The second-order valence-corrected chi connectivity index (χ2v) is 4.41. The fourth-order valence-corrected chi connectivity index (χ4v) is 1.92. The van der Waals surface area contributed by atoms with Crippen molar-refractivity contribution in [2.45, 2.75) is 12.5 Å². The zero-order valence-electron chi connectivity index (χ0n) is 10.2. The van der Waals surface area contributed by atoms with Crippen LogP contribution in [0.4, 0.5) is 5.69 Å². The number of nitrogens with zero attached hydrogens (tertiary/aromatic N) is 2. The molecule has 0 bridgehead atoms. The highest BCUT2D eigenvalue weighted by atomic mass is 16.6. The highest BCUT2D eigenvalue weighted by molar-refractivity contribution is 5.92. The first-order chi connectivity index (χ1) is 9.06. The fourth-order valence-electron chi connectivity index (χ4n) is 1.92. The average molecular weight is 262 g/mol. The van der Waals surface area contributed by atoms with Gasteiger partial charge in [0.1, 0.15) is 0 Å². The summed E-state index contributed by atoms with van der Waals surface area (Å²) in [6, 6.07) is 5.95. The molecule has 0 spiro atoms. The van der Waals surface area contributed by atoms with Gasteiger partial charge in [-0.3, -0.25) is 14.9 Å². The van der Waals surface area contributed by atoms with Crippen LogP contribution in [0.3, 0.4) is 0 Å². The maximum atomic E-state index is 11.8. The molecule has 1 unspecified atom stereocenters. The second kappa shape index (κ2) is 5.62. The van der Waals surface area contributed by atoms with Crippen molar-refractivity contribution in [2.24, 2.45) is 0 Å². The average Bonchev–Trinajstić information content (AvgIpc) is 2.83. The van der Waals surface area contributed by atoms with Crippen molar-refractivity contribution in [3.05, 3.63) is 46.0 Å². The summed E-state index contributed by atoms with van der Waals surface area (Å²) >= 11 is 0. The van der Waals surface area contributed by atoms with Crippen molar-refractivity contribution in [3.8, 4) is 0 Å². The van der Waals surface area contributed by atoms with Gasteiger partial charge in [0.25, 0.3) is 5.69 Å². The van der Waals surface area contributed by atoms with E-state index in [1.54, 1.807) is 23.1 Å². The molecular weight excluding hydrogens is 248 g/mol. The van der Waals surface area contributed by atoms with E-state index < -0.39 is 11.0 Å². The summed E-state index contributed by atoms with van der Waals surface area (Å²) < 4.78 is 0. The quantitative estimate of drug-likeness (QED) is 0.504. The standard InChI is InChI=1S/C13H14N2O4/c16-12-7-8-14(9-12)13(17)6-3-10-1-4-11(5-2-10)15(18)19/h1-6,12,16H,7-9H2/b6-3+. The molecule has 1 N–H and O–H groups in total. The zero-order valence-corrected chi connectivity index (χ0v) is 10.2. The number of amides is 1. The Morgan fingerprint density at radius 2 is 2.11 bits per heavy atom. The van der Waals surface area contributed by atoms with Gasteiger partial charge in [-0.25, -0.2) is 0 Å². The fraction of sp³-hybridized carbons (Fsp3) is 0.308. The molecule has 1 saturated heterocycles. The summed E-state index contributed by atoms with van der Waals surface area (Å²) in [5, 5.41) is 19.8. The van der Waals surface area contributed by atoms with E-state index >= 15 is 0 Å². The van der Waals surface area contributed by atoms with Crippen molar-refractivity contribution < 1.29 is 14.8 Å². The first kappa shape index (κ1) is 13.2. The second-order valence-electron chi connectivity index (χ2n) is 4.41. The molecule has 0 saturated carbocycles. The summed E-state index contributed by atoms with van der Waals surface area (Å²) in [4.78, 5) is 23.4. The van der Waals surface area contributed by atoms with Crippen molar-refractivity contribution in [1.29, 1.82) is 0 Å². The van der Waals surface area contributed by atoms with Crippen LogP contribution < -0.4 is 0 Å². The number of rotatable bonds is 3. The van der Waals surface area contributed by atoms with Crippen LogP contribution in [0.15, 0.2) is 30.3 Å². The lowest BCUT2D eigenvalue weighted by Gasteiger charge is -2.12. The Morgan fingerprint density at radius 3 is 2.63 bits per heavy atom. The lowest BCUT2D eigenvalue weighted by Crippen LogP contribution is -2.27. The molecule has 1 aromatic rings. The van der Waals surface area contributed by atoms with Gasteiger partial charge in [0.15, 0.2) is 0 Å². The number of aliphatic hydroxyl groups is 1. The summed E-state index contributed by atoms with van der Waals surface area (Å²) in [5.41, 5.74) is 0.741. The van der Waals surface area contributed by atoms with Gasteiger partial charge in [0, 0.05) is 31.3 Å². The zero-order chi connectivity index (χ0) is 13.8. The van der Waals surface area contributed by atoms with E-state index in [2.05, 4.69) is 0 Å². The Balaban J connectivity index is 1.98. The molecule has 1 heterocycles. The van der Waals surface area contributed by atoms with Crippen molar-refractivity contribution >= 4 is 17.7 Å². The van der Waals surface area contributed by atoms with Crippen LogP contribution in [-0.2, 0) is 4.79 Å². The normalized spacial score (nSPS) is 19.0. The third kappa shape index (κ3) is 3.38. The number of hydrogen-bond acceptors (Lipinski definition) is 4. The number of carbonyl (C=O) groups is 1. The van der Waals surface area contributed by atoms with E-state index in [-0.39, 0.29) is 11.6 Å². The maximum absolute atomic E-state index is 11.8. The third-order valence-corrected chi connectivity index (χ3v) is 3.00. The Labute approximate surface area is 110 Å². The Bertz CT molecular complexity index is 510. The number of likely N-dealkylation sites (tertiary alicyclic amines) is 1. The van der Waals surface area contributed by atoms with Crippen molar-refractivity contribution in [2.75, 3.05) is 13.1 Å². The van der Waals surface area contributed by atoms with Gasteiger partial charge >= 0.3 is 0 Å². The highest BCUT2D eigenvalue weighted by Crippen LogP contribution is 2.14. The molecule has 6 heteroatoms. The number of hydrogen-bond donors (Lipinski definition) is 1. The van der Waals surface area contributed by atoms with E-state index in [0.29, 0.717) is 19.5 Å². The topological polar surface area (TPSA) is 83.7 Å². The van der Waals surface area contributed by atoms with Crippen LogP contribution in [-0.4, -0.2) is 40.0 Å². The SMILES string of the molecule is O=C(/C=C/c1ccc([N+](=O)[O-])cc1)N1CCC(O)C1. The number of β-amino-alcohol motifs (C(OH)–C–C–N with tert-alkyl or cyclic N) is 1. The molecule has 19 heavy (non-hydrogen) atoms. The predicted molar refractivity (Wildman–Crippen MR) is 69.3 cm³/mol. The maximum Gasteiger partial charge on any atom is 0.269 e. The smallest absolute Gasteiger partial charge is 0.269 e. The Morgan fingerprint density at radius 1 is 1.42 bits per heavy atom. The van der Waals surface area contributed by atoms with E-state index in [4.69, 9.17) is 0 Å². The highest BCUT2D eigenvalue weighted by Gasteiger charge is 2.22. The minimum atomic E-state index is -0.468. The first-order valence-corrected chi connectivity index (χ1v) is 5.96. The van der Waals surface area contributed by atoms with Gasteiger partial charge in [0.2, 0.25) is 5.91 Å². The molecule has 1 fully saturated rings. The van der Waals surface area contributed by atoms with Crippen LogP contribution >= 0.6 is 0 Å². The van der Waals surface area contributed by atoms with Gasteiger partial charge in [-0.1, -0.05) is 0 Å². The van der Waals surface area contributed by atoms with Gasteiger partial charge in [-0.15, -0.1) is 0 Å². The van der Waals surface area contributed by atoms with Gasteiger partial charge < -0.3 is 10.0 Å². The monoisotopic (exact) mass is 262 g/mol. The predicted octanol–water partition coefficient (Wildman–Crippen LogP) is 1.20. The van der Waals surface area contributed by atoms with E-state index in [9.17, 15) is 20.0 Å². The van der Waals surface area contributed by atoms with E-state index in [1.165, 1.54) is 18.2 Å². The van der Waals surface area contributed by atoms with Gasteiger partial charge in [-0.05, 0) is 30.2 Å². The summed E-state index contributed by atoms with van der Waals surface area (Å²) in [7, 11) is 0. The molecule has 0 aliphatic carbocycles. The van der Waals surface area contributed by atoms with Crippen LogP contribution in [0.2, 0.25) is 0 Å². The molecule has 2 rings (SSSR count). The van der Waals surface area contributed by atoms with E-state index in [1.807, 2.05) is 0 Å². The molecular formula is C13H14N2O4. The summed E-state index contributed by atoms with van der Waals surface area (Å²) in [6.45, 7) is 0.925. The largest absolute Gasteiger partial charge is 0.391 e. The van der Waals surface area contributed by atoms with Crippen molar-refractivity contribution in [1.82, 2.24) is 4.90 Å². The molecule has 1 aliphatic heterocycles. The molecule has 6 nitrogen and oxygen atoms in total. The van der Waals surface area contributed by atoms with Gasteiger partial charge in [-0.2, -0.15) is 0 Å². The molecule has 1 amide bonds. The van der Waals surface area contributed by atoms with Crippen molar-refractivity contribution in [3.63, 3.8) is 0 Å². The third-order valence-electron chi connectivity index (χ3n) is 3.00. The van der Waals surface area contributed by atoms with Crippen LogP contribution in [0, 0.1) is 10.1 Å². The van der Waals surface area contributed by atoms with Crippen LogP contribution in [0.25, 0.3) is 6.08 Å². The number of nitro groups is 1. The molecule has 1 atom stereocenters. The Hall–Kier alpha value is -2.21. The van der Waals surface area contributed by atoms with Gasteiger partial charge in [0.05, 0.1) is 11.0 Å². The first-order valence-electron chi connectivity index (χ1n) is 5.96. The molecule has 1 aliphatic rings. The molecule has 0 aromatic heterocycles. The van der Waals surface area contributed by atoms with E-state index in [0.717, 1.165) is 5.56 Å². The number of non-ortho nitro benzene ring substituents is 1. The molecule has 1 aromatic carbocycles. The lowest BCUT2D eigenvalue weighted by atomic mass is 10.2. The molecule has 0 radical (unpaired) electrons. The lowest BCUT2D eigenvalue weighted by molar-refractivity contribution is -0.384. The number of aliphatic hydroxyl groups excluding tert-OH is 1. The van der Waals surface area contributed by atoms with Crippen LogP contribution in [0.1, 0.15) is 12.0 Å². The van der Waals surface area contributed by atoms with Crippen LogP contribution in [0.5, 0.6) is 0 Å². The minimum absolute atomic E-state index is 0.0196. The Kier molecular flexibility index (Phi) is 3.91. The number of carbonyl (C=O) groups excluding carboxylic acids is 1. The minimum Gasteiger partial charge on any atom is -0.391 e. The summed E-state index contributed by atoms with van der Waals surface area (Å²) in [6.07, 6.45) is 3.20. The number of nitro benzene ring substituents is 1. The summed E-state index contributed by atoms with van der Waals surface area (Å²) in [5.74, 6) is -0.157. The number of benzene rings is 1.